The molecule has 0 radical (unpaired) electrons. The molecule has 1 aliphatic rings. The highest BCUT2D eigenvalue weighted by Crippen LogP contribution is 2.19. The number of hydrogen-bond donors (Lipinski definition) is 3. The van der Waals surface area contributed by atoms with E-state index in [4.69, 9.17) is 15.6 Å². The fraction of sp³-hybridized carbons (Fsp3) is 0.316. The Bertz CT molecular complexity index is 901. The van der Waals surface area contributed by atoms with Crippen molar-refractivity contribution in [2.75, 3.05) is 25.6 Å². The molecule has 3 heterocycles. The number of ether oxygens (including phenoxy) is 1. The van der Waals surface area contributed by atoms with Crippen LogP contribution in [-0.2, 0) is 4.74 Å². The Morgan fingerprint density at radius 2 is 1.78 bits per heavy atom. The molecule has 0 bridgehead atoms. The topological polar surface area (TPSA) is 114 Å². The molecule has 0 atom stereocenters. The molecule has 3 aromatic rings. The number of benzene rings is 1. The van der Waals surface area contributed by atoms with Crippen molar-refractivity contribution in [3.05, 3.63) is 52.6 Å². The highest BCUT2D eigenvalue weighted by molar-refractivity contribution is 5.77. The van der Waals surface area contributed by atoms with Crippen molar-refractivity contribution < 1.29 is 14.2 Å². The third kappa shape index (κ3) is 6.12. The number of halogens is 1. The van der Waals surface area contributed by atoms with Gasteiger partial charge in [-0.2, -0.15) is 0 Å². The van der Waals surface area contributed by atoms with Gasteiger partial charge in [0.25, 0.3) is 5.56 Å². The molecule has 7 nitrogen and oxygen atoms in total. The lowest BCUT2D eigenvalue weighted by atomic mass is 10.1. The minimum atomic E-state index is -0.397. The number of nitrogens with zero attached hydrogens (tertiary/aromatic N) is 2. The monoisotopic (exact) mass is 374 g/mol. The highest BCUT2D eigenvalue weighted by Gasteiger charge is 2.06. The quantitative estimate of drug-likeness (QED) is 0.603. The molecule has 1 saturated heterocycles. The number of anilines is 1. The first-order valence-corrected chi connectivity index (χ1v) is 8.66. The second-order valence-corrected chi connectivity index (χ2v) is 5.66. The summed E-state index contributed by atoms with van der Waals surface area (Å²) in [6, 6.07) is 9.25. The Labute approximate surface area is 156 Å². The Morgan fingerprint density at radius 3 is 2.33 bits per heavy atom. The minimum Gasteiger partial charge on any atom is -0.397 e. The van der Waals surface area contributed by atoms with Gasteiger partial charge in [-0.1, -0.05) is 0 Å². The van der Waals surface area contributed by atoms with Crippen LogP contribution in [0.3, 0.4) is 0 Å². The molecule has 0 spiro atoms. The van der Waals surface area contributed by atoms with Crippen LogP contribution in [0, 0.1) is 5.82 Å². The Balaban J connectivity index is 0.000000274. The van der Waals surface area contributed by atoms with Crippen molar-refractivity contribution in [3.8, 4) is 11.3 Å². The maximum Gasteiger partial charge on any atom is 0.278 e. The first kappa shape index (κ1) is 20.5. The van der Waals surface area contributed by atoms with Gasteiger partial charge in [0.2, 0.25) is 5.95 Å². The van der Waals surface area contributed by atoms with Crippen LogP contribution in [0.25, 0.3) is 22.3 Å². The molecule has 8 heteroatoms. The molecule has 2 aromatic heterocycles. The predicted molar refractivity (Wildman–Crippen MR) is 103 cm³/mol. The summed E-state index contributed by atoms with van der Waals surface area (Å²) >= 11 is 0. The maximum atomic E-state index is 12.9. The molecule has 0 amide bonds. The van der Waals surface area contributed by atoms with Gasteiger partial charge in [-0.3, -0.25) is 9.78 Å². The zero-order chi connectivity index (χ0) is 19.6. The number of aliphatic hydroxyl groups excluding tert-OH is 1. The van der Waals surface area contributed by atoms with Gasteiger partial charge in [0.15, 0.2) is 5.52 Å². The number of hydrogen-bond acceptors (Lipinski definition) is 6. The van der Waals surface area contributed by atoms with Crippen LogP contribution in [-0.4, -0.2) is 39.9 Å². The molecule has 4 rings (SSSR count). The van der Waals surface area contributed by atoms with E-state index in [0.29, 0.717) is 11.2 Å². The minimum absolute atomic E-state index is 0.0498. The molecular weight excluding hydrogens is 351 g/mol. The van der Waals surface area contributed by atoms with Gasteiger partial charge in [0, 0.05) is 25.4 Å². The predicted octanol–water partition coefficient (Wildman–Crippen LogP) is 2.50. The average molecular weight is 374 g/mol. The van der Waals surface area contributed by atoms with E-state index in [0.717, 1.165) is 18.8 Å². The Hall–Kier alpha value is -2.84. The first-order chi connectivity index (χ1) is 13.0. The number of aromatic amines is 1. The van der Waals surface area contributed by atoms with Crippen molar-refractivity contribution in [2.45, 2.75) is 19.8 Å². The molecule has 0 aliphatic carbocycles. The van der Waals surface area contributed by atoms with E-state index < -0.39 is 5.56 Å². The van der Waals surface area contributed by atoms with Crippen LogP contribution in [0.5, 0.6) is 0 Å². The number of pyridine rings is 1. The van der Waals surface area contributed by atoms with Crippen LogP contribution in [0.2, 0.25) is 0 Å². The Morgan fingerprint density at radius 1 is 1.15 bits per heavy atom. The molecule has 144 valence electrons. The summed E-state index contributed by atoms with van der Waals surface area (Å²) in [6.07, 6.45) is 2.56. The summed E-state index contributed by atoms with van der Waals surface area (Å²) in [5, 5.41) is 7.57. The molecule has 1 fully saturated rings. The number of H-pyrrole nitrogens is 1. The second kappa shape index (κ2) is 10.3. The number of rotatable bonds is 1. The fourth-order valence-corrected chi connectivity index (χ4v) is 2.33. The number of aromatic nitrogens is 3. The summed E-state index contributed by atoms with van der Waals surface area (Å²) in [4.78, 5) is 22.3. The number of nitrogens with two attached hydrogens (primary N) is 1. The van der Waals surface area contributed by atoms with Crippen molar-refractivity contribution in [1.82, 2.24) is 15.0 Å². The zero-order valence-electron chi connectivity index (χ0n) is 15.1. The number of fused-ring (bicyclic) bond motifs is 1. The van der Waals surface area contributed by atoms with E-state index >= 15 is 0 Å². The number of nitrogens with one attached hydrogen (secondary N) is 1. The smallest absolute Gasteiger partial charge is 0.278 e. The van der Waals surface area contributed by atoms with E-state index in [9.17, 15) is 9.18 Å². The van der Waals surface area contributed by atoms with E-state index in [-0.39, 0.29) is 23.9 Å². The third-order valence-electron chi connectivity index (χ3n) is 3.54. The van der Waals surface area contributed by atoms with Gasteiger partial charge in [-0.25, -0.2) is 14.4 Å². The molecule has 27 heavy (non-hydrogen) atoms. The van der Waals surface area contributed by atoms with Crippen LogP contribution < -0.4 is 11.3 Å². The van der Waals surface area contributed by atoms with E-state index in [1.807, 2.05) is 0 Å². The van der Waals surface area contributed by atoms with Gasteiger partial charge in [-0.05, 0) is 56.2 Å². The summed E-state index contributed by atoms with van der Waals surface area (Å²) in [6.45, 7) is 3.93. The van der Waals surface area contributed by atoms with Crippen LogP contribution >= 0.6 is 0 Å². The van der Waals surface area contributed by atoms with Gasteiger partial charge >= 0.3 is 0 Å². The number of aliphatic hydroxyl groups is 1. The fourth-order valence-electron chi connectivity index (χ4n) is 2.33. The number of nitrogen functional groups attached to an aromatic ring is 1. The lowest BCUT2D eigenvalue weighted by molar-refractivity contribution is 0.198. The Kier molecular flexibility index (Phi) is 7.84. The van der Waals surface area contributed by atoms with Gasteiger partial charge < -0.3 is 15.6 Å². The van der Waals surface area contributed by atoms with E-state index in [1.165, 1.54) is 25.0 Å². The lowest BCUT2D eigenvalue weighted by Crippen LogP contribution is -2.12. The van der Waals surface area contributed by atoms with Gasteiger partial charge in [0.05, 0.1) is 11.2 Å². The van der Waals surface area contributed by atoms with Crippen LogP contribution in [0.1, 0.15) is 19.8 Å². The van der Waals surface area contributed by atoms with Crippen LogP contribution in [0.15, 0.2) is 41.2 Å². The molecule has 0 saturated carbocycles. The summed E-state index contributed by atoms with van der Waals surface area (Å²) in [5.41, 5.74) is 6.98. The van der Waals surface area contributed by atoms with Crippen LogP contribution in [0.4, 0.5) is 10.3 Å². The summed E-state index contributed by atoms with van der Waals surface area (Å²) in [5.74, 6) is -0.273. The molecule has 1 aromatic carbocycles. The average Bonchev–Trinajstić information content (AvgIpc) is 3.23. The van der Waals surface area contributed by atoms with Crippen molar-refractivity contribution in [3.63, 3.8) is 0 Å². The normalized spacial score (nSPS) is 12.7. The standard InChI is InChI=1S/C13H9FN4O.C4H8O.C2H6O/c14-8-3-1-7(2-4-8)9-5-6-10-11(16-9)12(19)18-13(15)17-10;1-2-4-5-3-1;1-2-3/h1-6H,(H3,15,17,18,19);1-4H2;3H,2H2,1H3. The maximum absolute atomic E-state index is 12.9. The van der Waals surface area contributed by atoms with Gasteiger partial charge in [-0.15, -0.1) is 0 Å². The third-order valence-corrected chi connectivity index (χ3v) is 3.54. The zero-order valence-corrected chi connectivity index (χ0v) is 15.1. The lowest BCUT2D eigenvalue weighted by Gasteiger charge is -2.03. The van der Waals surface area contributed by atoms with Gasteiger partial charge in [0.1, 0.15) is 5.82 Å². The summed E-state index contributed by atoms with van der Waals surface area (Å²) in [7, 11) is 0. The second-order valence-electron chi connectivity index (χ2n) is 5.66. The van der Waals surface area contributed by atoms with Crippen molar-refractivity contribution in [2.24, 2.45) is 0 Å². The van der Waals surface area contributed by atoms with Crippen molar-refractivity contribution in [1.29, 1.82) is 0 Å². The highest BCUT2D eigenvalue weighted by atomic mass is 19.1. The molecule has 0 unspecified atom stereocenters. The SMILES string of the molecule is C1CCOC1.CCO.Nc1nc2ccc(-c3ccc(F)cc3)nc2c(=O)[nH]1. The van der Waals surface area contributed by atoms with E-state index in [2.05, 4.69) is 15.0 Å². The summed E-state index contributed by atoms with van der Waals surface area (Å²) < 4.78 is 17.8. The molecule has 4 N–H and O–H groups in total. The van der Waals surface area contributed by atoms with E-state index in [1.54, 1.807) is 31.2 Å². The molecule has 1 aliphatic heterocycles. The first-order valence-electron chi connectivity index (χ1n) is 8.66. The molecular formula is C19H23FN4O3. The largest absolute Gasteiger partial charge is 0.397 e. The van der Waals surface area contributed by atoms with Crippen molar-refractivity contribution >= 4 is 17.0 Å².